The Hall–Kier alpha value is -1.45. The molecule has 1 rings (SSSR count). The molecule has 1 aromatic rings. The maximum Gasteiger partial charge on any atom is 0.174 e. The van der Waals surface area contributed by atoms with Crippen molar-refractivity contribution in [2.45, 2.75) is 0 Å². The van der Waals surface area contributed by atoms with Crippen molar-refractivity contribution in [1.82, 2.24) is 0 Å². The Morgan fingerprint density at radius 2 is 1.90 bits per heavy atom. The first-order chi connectivity index (χ1) is 4.74. The highest BCUT2D eigenvalue weighted by molar-refractivity contribution is 5.65. The highest BCUT2D eigenvalue weighted by Gasteiger charge is 1.96. The monoisotopic (exact) mass is 142 g/mol. The first-order valence-corrected chi connectivity index (χ1v) is 2.67. The van der Waals surface area contributed by atoms with Crippen LogP contribution in [-0.2, 0) is 0 Å². The molecule has 0 aliphatic heterocycles. The number of nitrogens with two attached hydrogens (primary N) is 2. The smallest absolute Gasteiger partial charge is 0.174 e. The summed E-state index contributed by atoms with van der Waals surface area (Å²) in [5.74, 6) is 0.0618. The molecule has 54 valence electrons. The van der Waals surface area contributed by atoms with Crippen molar-refractivity contribution in [3.05, 3.63) is 18.2 Å². The molecule has 3 nitrogen and oxygen atoms in total. The van der Waals surface area contributed by atoms with Gasteiger partial charge in [-0.2, -0.15) is 0 Å². The van der Waals surface area contributed by atoms with Crippen LogP contribution in [0.25, 0.3) is 0 Å². The average molecular weight is 142 g/mol. The second kappa shape index (κ2) is 2.43. The van der Waals surface area contributed by atoms with Crippen LogP contribution < -0.4 is 16.4 Å². The molecule has 0 atom stereocenters. The maximum absolute atomic E-state index is 11.4. The summed E-state index contributed by atoms with van der Waals surface area (Å²) in [6, 6.07) is 4.19. The quantitative estimate of drug-likeness (QED) is 0.577. The third-order valence-corrected chi connectivity index (χ3v) is 1.15. The topological polar surface area (TPSA) is 61.3 Å². The molecule has 4 N–H and O–H groups in total. The van der Waals surface area contributed by atoms with Crippen LogP contribution in [0.15, 0.2) is 18.2 Å². The van der Waals surface area contributed by atoms with Gasteiger partial charge in [-0.25, -0.2) is 0 Å². The van der Waals surface area contributed by atoms with E-state index in [1.165, 1.54) is 18.2 Å². The van der Waals surface area contributed by atoms with Crippen LogP contribution in [0.3, 0.4) is 0 Å². The zero-order chi connectivity index (χ0) is 7.56. The van der Waals surface area contributed by atoms with Crippen molar-refractivity contribution in [1.29, 1.82) is 0 Å². The number of hydrogen-bond donors (Lipinski definition) is 2. The first kappa shape index (κ1) is 6.67. The summed E-state index contributed by atoms with van der Waals surface area (Å²) in [6.07, 6.45) is 0. The lowest BCUT2D eigenvalue weighted by Crippen LogP contribution is -1.93. The largest absolute Gasteiger partial charge is 0.397 e. The van der Waals surface area contributed by atoms with Gasteiger partial charge in [0.15, 0.2) is 5.75 Å². The molecule has 1 aromatic carbocycles. The van der Waals surface area contributed by atoms with Crippen LogP contribution in [0.5, 0.6) is 5.75 Å². The third-order valence-electron chi connectivity index (χ3n) is 1.15. The maximum atomic E-state index is 11.4. The standard InChI is InChI=1S/C6H7FN2O/c7-10-4-1-2-5(8)6(9)3-4/h1-3H,8-9H2. The summed E-state index contributed by atoms with van der Waals surface area (Å²) in [5, 5.41) is 0. The number of halogens is 1. The van der Waals surface area contributed by atoms with Crippen molar-refractivity contribution in [2.24, 2.45) is 0 Å². The van der Waals surface area contributed by atoms with E-state index in [4.69, 9.17) is 11.5 Å². The van der Waals surface area contributed by atoms with E-state index in [-0.39, 0.29) is 5.75 Å². The summed E-state index contributed by atoms with van der Waals surface area (Å²) >= 11 is 0. The number of rotatable bonds is 1. The van der Waals surface area contributed by atoms with E-state index in [1.807, 2.05) is 0 Å². The molecule has 0 spiro atoms. The average Bonchev–Trinajstić information content (AvgIpc) is 1.95. The molecule has 0 bridgehead atoms. The normalized spacial score (nSPS) is 9.30. The molecule has 0 unspecified atom stereocenters. The van der Waals surface area contributed by atoms with Crippen molar-refractivity contribution in [3.63, 3.8) is 0 Å². The summed E-state index contributed by atoms with van der Waals surface area (Å²) in [6.45, 7) is 0. The lowest BCUT2D eigenvalue weighted by Gasteiger charge is -1.98. The molecule has 0 radical (unpaired) electrons. The molecule has 0 aliphatic rings. The van der Waals surface area contributed by atoms with Gasteiger partial charge in [-0.3, -0.25) is 4.94 Å². The fourth-order valence-electron chi connectivity index (χ4n) is 0.601. The van der Waals surface area contributed by atoms with Gasteiger partial charge in [-0.15, -0.1) is 0 Å². The Morgan fingerprint density at radius 1 is 1.20 bits per heavy atom. The van der Waals surface area contributed by atoms with Crippen LogP contribution in [0, 0.1) is 0 Å². The van der Waals surface area contributed by atoms with Crippen LogP contribution in [0.1, 0.15) is 0 Å². The van der Waals surface area contributed by atoms with Gasteiger partial charge in [0.2, 0.25) is 0 Å². The van der Waals surface area contributed by atoms with Crippen molar-refractivity contribution < 1.29 is 9.47 Å². The van der Waals surface area contributed by atoms with E-state index in [0.29, 0.717) is 11.4 Å². The van der Waals surface area contributed by atoms with Gasteiger partial charge in [0.25, 0.3) is 0 Å². The van der Waals surface area contributed by atoms with Crippen LogP contribution in [0.2, 0.25) is 0 Å². The highest BCUT2D eigenvalue weighted by Crippen LogP contribution is 2.21. The van der Waals surface area contributed by atoms with E-state index in [2.05, 4.69) is 4.94 Å². The van der Waals surface area contributed by atoms with Gasteiger partial charge in [-0.1, -0.05) is 0 Å². The third kappa shape index (κ3) is 1.10. The summed E-state index contributed by atoms with van der Waals surface area (Å²) < 4.78 is 11.4. The highest BCUT2D eigenvalue weighted by atomic mass is 19.3. The molecule has 0 saturated carbocycles. The molecule has 10 heavy (non-hydrogen) atoms. The Kier molecular flexibility index (Phi) is 1.62. The predicted molar refractivity (Wildman–Crippen MR) is 37.0 cm³/mol. The van der Waals surface area contributed by atoms with Crippen LogP contribution in [0.4, 0.5) is 15.9 Å². The van der Waals surface area contributed by atoms with Gasteiger partial charge in [0.05, 0.1) is 11.4 Å². The zero-order valence-corrected chi connectivity index (χ0v) is 5.17. The van der Waals surface area contributed by atoms with Gasteiger partial charge >= 0.3 is 0 Å². The fourth-order valence-corrected chi connectivity index (χ4v) is 0.601. The fraction of sp³-hybridized carbons (Fsp3) is 0. The van der Waals surface area contributed by atoms with Gasteiger partial charge in [-0.05, 0) is 12.1 Å². The van der Waals surface area contributed by atoms with Crippen LogP contribution in [-0.4, -0.2) is 0 Å². The van der Waals surface area contributed by atoms with Gasteiger partial charge in [0.1, 0.15) is 0 Å². The molecular formula is C6H7FN2O. The Balaban J connectivity index is 3.04. The molecule has 0 saturated heterocycles. The molecule has 0 aromatic heterocycles. The minimum absolute atomic E-state index is 0.0618. The SMILES string of the molecule is Nc1ccc(OF)cc1N. The molecular weight excluding hydrogens is 135 g/mol. The molecule has 0 fully saturated rings. The van der Waals surface area contributed by atoms with Crippen LogP contribution >= 0.6 is 0 Å². The van der Waals surface area contributed by atoms with E-state index in [0.717, 1.165) is 0 Å². The van der Waals surface area contributed by atoms with Crippen molar-refractivity contribution in [3.8, 4) is 5.75 Å². The first-order valence-electron chi connectivity index (χ1n) is 2.67. The molecule has 0 amide bonds. The number of nitrogen functional groups attached to an aromatic ring is 2. The van der Waals surface area contributed by atoms with E-state index in [1.54, 1.807) is 0 Å². The van der Waals surface area contributed by atoms with Gasteiger partial charge in [0, 0.05) is 10.6 Å². The molecule has 0 heterocycles. The summed E-state index contributed by atoms with van der Waals surface area (Å²) in [4.78, 5) is 3.41. The predicted octanol–water partition coefficient (Wildman–Crippen LogP) is 1.11. The number of anilines is 2. The molecule has 4 heteroatoms. The minimum Gasteiger partial charge on any atom is -0.397 e. The lowest BCUT2D eigenvalue weighted by atomic mass is 10.2. The van der Waals surface area contributed by atoms with E-state index in [9.17, 15) is 4.53 Å². The summed E-state index contributed by atoms with van der Waals surface area (Å²) in [5.41, 5.74) is 11.4. The Labute approximate surface area is 57.3 Å². The van der Waals surface area contributed by atoms with Crippen molar-refractivity contribution >= 4 is 11.4 Å². The van der Waals surface area contributed by atoms with E-state index < -0.39 is 0 Å². The Morgan fingerprint density at radius 3 is 2.40 bits per heavy atom. The number of hydrogen-bond acceptors (Lipinski definition) is 3. The second-order valence-corrected chi connectivity index (χ2v) is 1.87. The van der Waals surface area contributed by atoms with Crippen molar-refractivity contribution in [2.75, 3.05) is 11.5 Å². The minimum atomic E-state index is 0.0618. The lowest BCUT2D eigenvalue weighted by molar-refractivity contribution is -0.00611. The zero-order valence-electron chi connectivity index (χ0n) is 5.17. The van der Waals surface area contributed by atoms with Gasteiger partial charge < -0.3 is 11.5 Å². The van der Waals surface area contributed by atoms with E-state index >= 15 is 0 Å². The second-order valence-electron chi connectivity index (χ2n) is 1.87. The number of benzene rings is 1. The Bertz CT molecular complexity index is 239. The molecule has 0 aliphatic carbocycles. The summed E-state index contributed by atoms with van der Waals surface area (Å²) in [7, 11) is 0.